The third kappa shape index (κ3) is 3.91. The van der Waals surface area contributed by atoms with E-state index in [0.717, 1.165) is 62.4 Å². The Kier molecular flexibility index (Phi) is 5.67. The summed E-state index contributed by atoms with van der Waals surface area (Å²) in [7, 11) is 0. The number of fused-ring (bicyclic) bond motifs is 1. The van der Waals surface area contributed by atoms with Gasteiger partial charge in [0.15, 0.2) is 0 Å². The molecule has 5 rings (SSSR count). The summed E-state index contributed by atoms with van der Waals surface area (Å²) in [4.78, 5) is 55.5. The molecule has 0 spiro atoms. The van der Waals surface area contributed by atoms with Crippen LogP contribution in [0.25, 0.3) is 0 Å². The van der Waals surface area contributed by atoms with Gasteiger partial charge in [-0.15, -0.1) is 12.3 Å². The number of rotatable bonds is 3. The highest BCUT2D eigenvalue weighted by Gasteiger charge is 2.44. The Balaban J connectivity index is 1.25. The van der Waals surface area contributed by atoms with E-state index in [1.807, 2.05) is 6.07 Å². The topological polar surface area (TPSA) is 90.0 Å². The molecule has 2 saturated heterocycles. The van der Waals surface area contributed by atoms with Gasteiger partial charge in [-0.05, 0) is 50.3 Å². The molecule has 4 aliphatic rings. The lowest BCUT2D eigenvalue weighted by Gasteiger charge is -2.42. The number of hydrogen-bond acceptors (Lipinski definition) is 6. The molecular weight excluding hydrogens is 420 g/mol. The second kappa shape index (κ2) is 8.64. The lowest BCUT2D eigenvalue weighted by Crippen LogP contribution is -2.54. The van der Waals surface area contributed by atoms with Gasteiger partial charge in [0, 0.05) is 50.2 Å². The van der Waals surface area contributed by atoms with Crippen LogP contribution in [0.3, 0.4) is 0 Å². The van der Waals surface area contributed by atoms with Gasteiger partial charge in [0.05, 0.1) is 11.1 Å². The smallest absolute Gasteiger partial charge is 0.262 e. The van der Waals surface area contributed by atoms with Crippen molar-refractivity contribution < 1.29 is 19.2 Å². The molecule has 3 aliphatic heterocycles. The number of carbonyl (C=O) groups excluding carboxylic acids is 4. The van der Waals surface area contributed by atoms with Crippen molar-refractivity contribution in [3.63, 3.8) is 0 Å². The van der Waals surface area contributed by atoms with Crippen LogP contribution in [0.1, 0.15) is 59.2 Å². The van der Waals surface area contributed by atoms with Gasteiger partial charge in [0.1, 0.15) is 6.04 Å². The van der Waals surface area contributed by atoms with Crippen LogP contribution in [-0.4, -0.2) is 71.7 Å². The number of hydrogen-bond donors (Lipinski definition) is 1. The highest BCUT2D eigenvalue weighted by Crippen LogP contribution is 2.32. The van der Waals surface area contributed by atoms with Gasteiger partial charge in [0.25, 0.3) is 11.8 Å². The van der Waals surface area contributed by atoms with Crippen LogP contribution in [0.15, 0.2) is 18.2 Å². The van der Waals surface area contributed by atoms with Crippen LogP contribution >= 0.6 is 0 Å². The van der Waals surface area contributed by atoms with Gasteiger partial charge in [-0.3, -0.25) is 34.3 Å². The first-order valence-corrected chi connectivity index (χ1v) is 11.8. The summed E-state index contributed by atoms with van der Waals surface area (Å²) in [6.07, 6.45) is 10.4. The minimum atomic E-state index is -0.938. The number of terminal acetylenes is 1. The second-order valence-electron chi connectivity index (χ2n) is 9.37. The van der Waals surface area contributed by atoms with Gasteiger partial charge in [-0.2, -0.15) is 0 Å². The Bertz CT molecular complexity index is 1040. The summed E-state index contributed by atoms with van der Waals surface area (Å²) in [6.45, 7) is 3.62. The number of imide groups is 2. The van der Waals surface area contributed by atoms with Crippen LogP contribution in [0.2, 0.25) is 0 Å². The predicted molar refractivity (Wildman–Crippen MR) is 121 cm³/mol. The molecule has 33 heavy (non-hydrogen) atoms. The van der Waals surface area contributed by atoms with Crippen molar-refractivity contribution >= 4 is 29.3 Å². The number of nitrogens with zero attached hydrogens (tertiary/aromatic N) is 3. The van der Waals surface area contributed by atoms with Crippen molar-refractivity contribution in [1.82, 2.24) is 15.1 Å². The van der Waals surface area contributed by atoms with E-state index in [9.17, 15) is 19.2 Å². The molecule has 1 N–H and O–H groups in total. The highest BCUT2D eigenvalue weighted by atomic mass is 16.2. The third-order valence-corrected chi connectivity index (χ3v) is 7.55. The van der Waals surface area contributed by atoms with Crippen molar-refractivity contribution in [3.8, 4) is 12.3 Å². The zero-order chi connectivity index (χ0) is 23.1. The minimum Gasteiger partial charge on any atom is -0.369 e. The molecule has 172 valence electrons. The lowest BCUT2D eigenvalue weighted by atomic mass is 9.85. The van der Waals surface area contributed by atoms with Gasteiger partial charge in [-0.25, -0.2) is 0 Å². The molecule has 1 atom stereocenters. The molecule has 4 amide bonds. The van der Waals surface area contributed by atoms with E-state index in [1.54, 1.807) is 12.1 Å². The van der Waals surface area contributed by atoms with Crippen molar-refractivity contribution in [2.24, 2.45) is 5.92 Å². The number of piperazine rings is 1. The fourth-order valence-electron chi connectivity index (χ4n) is 5.61. The Hall–Kier alpha value is -3.18. The maximum Gasteiger partial charge on any atom is 0.262 e. The molecule has 3 heterocycles. The summed E-state index contributed by atoms with van der Waals surface area (Å²) < 4.78 is 0. The highest BCUT2D eigenvalue weighted by molar-refractivity contribution is 6.23. The normalized spacial score (nSPS) is 28.5. The summed E-state index contributed by atoms with van der Waals surface area (Å²) >= 11 is 0. The first kappa shape index (κ1) is 21.7. The minimum absolute atomic E-state index is 0.115. The summed E-state index contributed by atoms with van der Waals surface area (Å²) in [5.74, 6) is 1.42. The van der Waals surface area contributed by atoms with Crippen molar-refractivity contribution in [2.75, 3.05) is 31.1 Å². The first-order chi connectivity index (χ1) is 16.0. The fourth-order valence-corrected chi connectivity index (χ4v) is 5.61. The van der Waals surface area contributed by atoms with Crippen LogP contribution in [0.5, 0.6) is 0 Å². The average molecular weight is 449 g/mol. The van der Waals surface area contributed by atoms with Crippen molar-refractivity contribution in [2.45, 2.75) is 50.6 Å². The van der Waals surface area contributed by atoms with Crippen molar-refractivity contribution in [1.29, 1.82) is 0 Å². The van der Waals surface area contributed by atoms with Gasteiger partial charge in [-0.1, -0.05) is 0 Å². The van der Waals surface area contributed by atoms with Crippen LogP contribution < -0.4 is 10.2 Å². The van der Waals surface area contributed by atoms with E-state index in [0.29, 0.717) is 23.1 Å². The Labute approximate surface area is 193 Å². The monoisotopic (exact) mass is 448 g/mol. The Morgan fingerprint density at radius 3 is 2.24 bits per heavy atom. The SMILES string of the molecule is C#CC1CCC(N2CCN(c3ccc4c(c3)C(=O)N(C3CCC(=O)NC3=O)C4=O)CC2)CC1. The molecule has 0 aromatic heterocycles. The fraction of sp³-hybridized carbons (Fsp3) is 0.520. The summed E-state index contributed by atoms with van der Waals surface area (Å²) in [5, 5.41) is 2.23. The number of piperidine rings is 1. The molecular formula is C25H28N4O4. The third-order valence-electron chi connectivity index (χ3n) is 7.55. The lowest BCUT2D eigenvalue weighted by molar-refractivity contribution is -0.136. The number of anilines is 1. The number of nitrogens with one attached hydrogen (secondary N) is 1. The number of amides is 4. The number of carbonyl (C=O) groups is 4. The van der Waals surface area contributed by atoms with Crippen LogP contribution in [0, 0.1) is 18.3 Å². The van der Waals surface area contributed by atoms with E-state index < -0.39 is 23.8 Å². The van der Waals surface area contributed by atoms with E-state index in [1.165, 1.54) is 0 Å². The van der Waals surface area contributed by atoms with Gasteiger partial charge >= 0.3 is 0 Å². The van der Waals surface area contributed by atoms with E-state index in [-0.39, 0.29) is 18.7 Å². The zero-order valence-corrected chi connectivity index (χ0v) is 18.6. The van der Waals surface area contributed by atoms with E-state index in [4.69, 9.17) is 6.42 Å². The molecule has 1 aliphatic carbocycles. The molecule has 8 heteroatoms. The molecule has 8 nitrogen and oxygen atoms in total. The first-order valence-electron chi connectivity index (χ1n) is 11.8. The maximum absolute atomic E-state index is 13.1. The maximum atomic E-state index is 13.1. The van der Waals surface area contributed by atoms with Gasteiger partial charge in [0.2, 0.25) is 11.8 Å². The molecule has 1 aromatic rings. The largest absolute Gasteiger partial charge is 0.369 e. The standard InChI is InChI=1S/C25H28N4O4/c1-2-16-3-5-17(6-4-16)27-11-13-28(14-12-27)18-7-8-19-20(15-18)25(33)29(24(19)32)21-9-10-22(30)26-23(21)31/h1,7-8,15-17,21H,3-6,9-14H2,(H,26,30,31). The molecule has 1 aromatic carbocycles. The number of benzene rings is 1. The molecule has 0 radical (unpaired) electrons. The zero-order valence-electron chi connectivity index (χ0n) is 18.6. The molecule has 0 bridgehead atoms. The van der Waals surface area contributed by atoms with E-state index in [2.05, 4.69) is 21.0 Å². The Morgan fingerprint density at radius 1 is 0.879 bits per heavy atom. The Morgan fingerprint density at radius 2 is 1.58 bits per heavy atom. The second-order valence-corrected chi connectivity index (χ2v) is 9.37. The van der Waals surface area contributed by atoms with Crippen molar-refractivity contribution in [3.05, 3.63) is 29.3 Å². The summed E-state index contributed by atoms with van der Waals surface area (Å²) in [6, 6.07) is 5.00. The quantitative estimate of drug-likeness (QED) is 0.556. The molecule has 1 unspecified atom stereocenters. The molecule has 1 saturated carbocycles. The average Bonchev–Trinajstić information content (AvgIpc) is 3.09. The van der Waals surface area contributed by atoms with E-state index >= 15 is 0 Å². The van der Waals surface area contributed by atoms with Crippen LogP contribution in [0.4, 0.5) is 5.69 Å². The van der Waals surface area contributed by atoms with Crippen LogP contribution in [-0.2, 0) is 9.59 Å². The molecule has 3 fully saturated rings. The predicted octanol–water partition coefficient (Wildman–Crippen LogP) is 1.40. The van der Waals surface area contributed by atoms with Gasteiger partial charge < -0.3 is 4.90 Å². The summed E-state index contributed by atoms with van der Waals surface area (Å²) in [5.41, 5.74) is 1.56.